The summed E-state index contributed by atoms with van der Waals surface area (Å²) in [6.45, 7) is 0. The Morgan fingerprint density at radius 2 is 2.31 bits per heavy atom. The molecule has 64 valence electrons. The Balaban J connectivity index is 2.60. The van der Waals surface area contributed by atoms with Crippen LogP contribution in [0, 0.1) is 11.3 Å². The van der Waals surface area contributed by atoms with Crippen LogP contribution in [-0.4, -0.2) is 4.98 Å². The topological polar surface area (TPSA) is 39.6 Å². The number of hydrogen-bond acceptors (Lipinski definition) is 1. The van der Waals surface area contributed by atoms with Gasteiger partial charge in [-0.15, -0.1) is 0 Å². The fourth-order valence-corrected chi connectivity index (χ4v) is 1.78. The third-order valence-electron chi connectivity index (χ3n) is 1.98. The molecule has 0 spiro atoms. The van der Waals surface area contributed by atoms with Gasteiger partial charge in [0.05, 0.1) is 12.5 Å². The summed E-state index contributed by atoms with van der Waals surface area (Å²) in [5.41, 5.74) is 2.14. The average Bonchev–Trinajstić information content (AvgIpc) is 2.49. The van der Waals surface area contributed by atoms with E-state index in [0.29, 0.717) is 6.42 Å². The number of fused-ring (bicyclic) bond motifs is 1. The van der Waals surface area contributed by atoms with Crippen molar-refractivity contribution in [3.05, 3.63) is 34.4 Å². The first-order valence-corrected chi connectivity index (χ1v) is 4.73. The zero-order chi connectivity index (χ0) is 9.26. The first-order chi connectivity index (χ1) is 6.31. The molecule has 1 heterocycles. The lowest BCUT2D eigenvalue weighted by atomic mass is 10.1. The van der Waals surface area contributed by atoms with Gasteiger partial charge in [-0.2, -0.15) is 5.26 Å². The van der Waals surface area contributed by atoms with E-state index in [4.69, 9.17) is 5.26 Å². The molecule has 0 fully saturated rings. The highest BCUT2D eigenvalue weighted by Crippen LogP contribution is 2.24. The third-order valence-corrected chi connectivity index (χ3v) is 2.63. The molecule has 3 heteroatoms. The van der Waals surface area contributed by atoms with Crippen LogP contribution in [0.25, 0.3) is 10.9 Å². The first-order valence-electron chi connectivity index (χ1n) is 3.94. The number of aromatic nitrogens is 1. The Bertz CT molecular complexity index is 479. The maximum absolute atomic E-state index is 8.54. The molecule has 0 aliphatic heterocycles. The summed E-state index contributed by atoms with van der Waals surface area (Å²) in [7, 11) is 0. The highest BCUT2D eigenvalue weighted by Gasteiger charge is 2.01. The number of H-pyrrole nitrogens is 1. The number of halogens is 1. The molecule has 0 bridgehead atoms. The predicted molar refractivity (Wildman–Crippen MR) is 55.3 cm³/mol. The van der Waals surface area contributed by atoms with Crippen LogP contribution in [0.1, 0.15) is 5.56 Å². The van der Waals surface area contributed by atoms with Gasteiger partial charge in [0, 0.05) is 21.6 Å². The van der Waals surface area contributed by atoms with Crippen molar-refractivity contribution in [2.24, 2.45) is 0 Å². The van der Waals surface area contributed by atoms with Gasteiger partial charge in [0.25, 0.3) is 0 Å². The molecule has 0 saturated carbocycles. The van der Waals surface area contributed by atoms with Crippen molar-refractivity contribution in [3.8, 4) is 6.07 Å². The highest BCUT2D eigenvalue weighted by molar-refractivity contribution is 9.10. The van der Waals surface area contributed by atoms with E-state index in [0.717, 1.165) is 20.9 Å². The number of aromatic amines is 1. The van der Waals surface area contributed by atoms with Crippen LogP contribution < -0.4 is 0 Å². The van der Waals surface area contributed by atoms with E-state index in [9.17, 15) is 0 Å². The number of hydrogen-bond donors (Lipinski definition) is 1. The van der Waals surface area contributed by atoms with E-state index >= 15 is 0 Å². The number of nitrogens with one attached hydrogen (secondary N) is 1. The van der Waals surface area contributed by atoms with E-state index < -0.39 is 0 Å². The Labute approximate surface area is 84.3 Å². The lowest BCUT2D eigenvalue weighted by Gasteiger charge is -1.95. The molecular formula is C10H7BrN2. The first kappa shape index (κ1) is 8.33. The second-order valence-corrected chi connectivity index (χ2v) is 3.71. The predicted octanol–water partition coefficient (Wildman–Crippen LogP) is 3.00. The minimum atomic E-state index is 0.466. The number of benzene rings is 1. The van der Waals surface area contributed by atoms with Crippen LogP contribution in [0.5, 0.6) is 0 Å². The minimum Gasteiger partial charge on any atom is -0.360 e. The molecule has 0 aliphatic rings. The van der Waals surface area contributed by atoms with E-state index in [1.807, 2.05) is 24.4 Å². The molecule has 0 saturated heterocycles. The SMILES string of the molecule is N#CCc1ccc2[nH]cc(Br)c2c1. The Morgan fingerprint density at radius 3 is 3.08 bits per heavy atom. The minimum absolute atomic E-state index is 0.466. The third kappa shape index (κ3) is 1.45. The van der Waals surface area contributed by atoms with E-state index in [1.54, 1.807) is 0 Å². The number of nitrogens with zero attached hydrogens (tertiary/aromatic N) is 1. The van der Waals surface area contributed by atoms with Crippen molar-refractivity contribution >= 4 is 26.8 Å². The zero-order valence-electron chi connectivity index (χ0n) is 6.84. The molecule has 1 N–H and O–H groups in total. The summed E-state index contributed by atoms with van der Waals surface area (Å²) in [5, 5.41) is 9.67. The van der Waals surface area contributed by atoms with Gasteiger partial charge < -0.3 is 4.98 Å². The van der Waals surface area contributed by atoms with Crippen molar-refractivity contribution in [2.45, 2.75) is 6.42 Å². The van der Waals surface area contributed by atoms with Gasteiger partial charge in [-0.1, -0.05) is 6.07 Å². The van der Waals surface area contributed by atoms with Gasteiger partial charge in [-0.3, -0.25) is 0 Å². The molecule has 0 atom stereocenters. The lowest BCUT2D eigenvalue weighted by molar-refractivity contribution is 1.27. The van der Waals surface area contributed by atoms with Gasteiger partial charge in [-0.25, -0.2) is 0 Å². The van der Waals surface area contributed by atoms with Crippen LogP contribution in [0.4, 0.5) is 0 Å². The normalized spacial score (nSPS) is 10.2. The molecule has 1 aromatic heterocycles. The molecule has 0 unspecified atom stereocenters. The summed E-state index contributed by atoms with van der Waals surface area (Å²) in [6.07, 6.45) is 2.37. The highest BCUT2D eigenvalue weighted by atomic mass is 79.9. The van der Waals surface area contributed by atoms with E-state index in [2.05, 4.69) is 27.0 Å². The van der Waals surface area contributed by atoms with Gasteiger partial charge in [0.15, 0.2) is 0 Å². The van der Waals surface area contributed by atoms with Crippen molar-refractivity contribution < 1.29 is 0 Å². The summed E-state index contributed by atoms with van der Waals surface area (Å²) in [4.78, 5) is 3.13. The number of nitriles is 1. The van der Waals surface area contributed by atoms with Gasteiger partial charge in [-0.05, 0) is 33.6 Å². The largest absolute Gasteiger partial charge is 0.360 e. The fourth-order valence-electron chi connectivity index (χ4n) is 1.33. The molecule has 0 aliphatic carbocycles. The summed E-state index contributed by atoms with van der Waals surface area (Å²) in [6, 6.07) is 8.12. The maximum Gasteiger partial charge on any atom is 0.0669 e. The van der Waals surface area contributed by atoms with Crippen molar-refractivity contribution in [1.82, 2.24) is 4.98 Å². The second-order valence-electron chi connectivity index (χ2n) is 2.85. The van der Waals surface area contributed by atoms with Crippen molar-refractivity contribution in [1.29, 1.82) is 5.26 Å². The summed E-state index contributed by atoms with van der Waals surface area (Å²) in [5.74, 6) is 0. The smallest absolute Gasteiger partial charge is 0.0669 e. The van der Waals surface area contributed by atoms with Gasteiger partial charge >= 0.3 is 0 Å². The zero-order valence-corrected chi connectivity index (χ0v) is 8.43. The molecule has 1 aromatic carbocycles. The van der Waals surface area contributed by atoms with Crippen LogP contribution >= 0.6 is 15.9 Å². The van der Waals surface area contributed by atoms with E-state index in [-0.39, 0.29) is 0 Å². The van der Waals surface area contributed by atoms with Crippen LogP contribution in [0.2, 0.25) is 0 Å². The molecule has 13 heavy (non-hydrogen) atoms. The van der Waals surface area contributed by atoms with Crippen LogP contribution in [0.15, 0.2) is 28.9 Å². The maximum atomic E-state index is 8.54. The molecule has 2 aromatic rings. The average molecular weight is 235 g/mol. The molecule has 2 rings (SSSR count). The Hall–Kier alpha value is -1.27. The van der Waals surface area contributed by atoms with E-state index in [1.165, 1.54) is 0 Å². The summed E-state index contributed by atoms with van der Waals surface area (Å²) >= 11 is 3.44. The van der Waals surface area contributed by atoms with Crippen LogP contribution in [-0.2, 0) is 6.42 Å². The van der Waals surface area contributed by atoms with Crippen molar-refractivity contribution in [2.75, 3.05) is 0 Å². The standard InChI is InChI=1S/C10H7BrN2/c11-9-6-13-10-2-1-7(3-4-12)5-8(9)10/h1-2,5-6,13H,3H2. The quantitative estimate of drug-likeness (QED) is 0.810. The fraction of sp³-hybridized carbons (Fsp3) is 0.100. The molecule has 0 radical (unpaired) electrons. The Morgan fingerprint density at radius 1 is 1.46 bits per heavy atom. The Kier molecular flexibility index (Phi) is 2.07. The molecule has 2 nitrogen and oxygen atoms in total. The summed E-state index contributed by atoms with van der Waals surface area (Å²) < 4.78 is 1.04. The van der Waals surface area contributed by atoms with Crippen molar-refractivity contribution in [3.63, 3.8) is 0 Å². The monoisotopic (exact) mass is 234 g/mol. The molecular weight excluding hydrogens is 228 g/mol. The molecule has 0 amide bonds. The lowest BCUT2D eigenvalue weighted by Crippen LogP contribution is -1.79. The van der Waals surface area contributed by atoms with Gasteiger partial charge in [0.1, 0.15) is 0 Å². The number of rotatable bonds is 1. The van der Waals surface area contributed by atoms with Crippen LogP contribution in [0.3, 0.4) is 0 Å². The van der Waals surface area contributed by atoms with Gasteiger partial charge in [0.2, 0.25) is 0 Å². The second kappa shape index (κ2) is 3.23.